The van der Waals surface area contributed by atoms with E-state index in [1.165, 1.54) is 6.07 Å². The summed E-state index contributed by atoms with van der Waals surface area (Å²) in [6.07, 6.45) is -4.63. The zero-order valence-electron chi connectivity index (χ0n) is 30.9. The third-order valence-corrected chi connectivity index (χ3v) is 10.6. The molecule has 8 rings (SSSR count). The van der Waals surface area contributed by atoms with Gasteiger partial charge in [-0.25, -0.2) is 0 Å². The van der Waals surface area contributed by atoms with Crippen LogP contribution in [0.2, 0.25) is 0 Å². The number of nitriles is 1. The van der Waals surface area contributed by atoms with Gasteiger partial charge in [-0.15, -0.1) is 0 Å². The molecule has 0 saturated heterocycles. The van der Waals surface area contributed by atoms with Crippen LogP contribution in [0.5, 0.6) is 0 Å². The van der Waals surface area contributed by atoms with Crippen LogP contribution in [0.4, 0.5) is 13.2 Å². The van der Waals surface area contributed by atoms with Crippen LogP contribution in [0.25, 0.3) is 66.1 Å². The second kappa shape index (κ2) is 11.9. The minimum absolute atomic E-state index is 0.0118. The van der Waals surface area contributed by atoms with E-state index in [0.717, 1.165) is 60.8 Å². The molecule has 0 atom stereocenters. The number of aromatic nitrogens is 2. The number of alkyl halides is 3. The standard InChI is InChI=1S/C47H40F3N3/c1-28-13-12-16-37(47(48,49)50)44(28)36-26-43(53-39-18-11-9-15-33(39)35-22-20-31(25-41(35)53)46(5,6)7)42(23-29(36)27-51)52-38-17-10-8-14-32(38)34-21-19-30(24-40(34)52)45(2,3)4/h8-26H,1-7H3. The van der Waals surface area contributed by atoms with Gasteiger partial charge in [-0.1, -0.05) is 114 Å². The number of halogens is 3. The average molecular weight is 704 g/mol. The van der Waals surface area contributed by atoms with Crippen molar-refractivity contribution in [3.05, 3.63) is 143 Å². The maximum absolute atomic E-state index is 14.8. The van der Waals surface area contributed by atoms with Gasteiger partial charge in [-0.2, -0.15) is 18.4 Å². The summed E-state index contributed by atoms with van der Waals surface area (Å²) >= 11 is 0. The molecule has 0 aliphatic heterocycles. The van der Waals surface area contributed by atoms with Crippen LogP contribution >= 0.6 is 0 Å². The predicted octanol–water partition coefficient (Wildman–Crippen LogP) is 13.3. The van der Waals surface area contributed by atoms with Crippen molar-refractivity contribution in [3.63, 3.8) is 0 Å². The minimum Gasteiger partial charge on any atom is -0.307 e. The smallest absolute Gasteiger partial charge is 0.307 e. The Bertz CT molecular complexity index is 2810. The van der Waals surface area contributed by atoms with Crippen molar-refractivity contribution >= 4 is 43.6 Å². The van der Waals surface area contributed by atoms with E-state index in [9.17, 15) is 18.4 Å². The number of aryl methyl sites for hydroxylation is 1. The lowest BCUT2D eigenvalue weighted by atomic mass is 9.86. The van der Waals surface area contributed by atoms with Gasteiger partial charge < -0.3 is 9.13 Å². The third-order valence-electron chi connectivity index (χ3n) is 10.6. The molecule has 264 valence electrons. The Hall–Kier alpha value is -5.80. The maximum atomic E-state index is 14.8. The molecule has 2 heterocycles. The molecule has 0 saturated carbocycles. The number of hydrogen-bond acceptors (Lipinski definition) is 1. The van der Waals surface area contributed by atoms with Gasteiger partial charge in [0.05, 0.1) is 50.6 Å². The zero-order valence-corrected chi connectivity index (χ0v) is 30.9. The molecule has 0 radical (unpaired) electrons. The van der Waals surface area contributed by atoms with Crippen molar-refractivity contribution < 1.29 is 13.2 Å². The Balaban J connectivity index is 1.61. The van der Waals surface area contributed by atoms with E-state index < -0.39 is 11.7 Å². The Morgan fingerprint density at radius 3 is 1.47 bits per heavy atom. The van der Waals surface area contributed by atoms with Gasteiger partial charge in [0.2, 0.25) is 0 Å². The summed E-state index contributed by atoms with van der Waals surface area (Å²) in [7, 11) is 0. The molecule has 6 heteroatoms. The van der Waals surface area contributed by atoms with Gasteiger partial charge in [0.15, 0.2) is 0 Å². The van der Waals surface area contributed by atoms with Crippen molar-refractivity contribution in [2.24, 2.45) is 0 Å². The van der Waals surface area contributed by atoms with Gasteiger partial charge in [0.1, 0.15) is 0 Å². The molecule has 0 unspecified atom stereocenters. The average Bonchev–Trinajstić information content (AvgIpc) is 3.62. The molecule has 2 aromatic heterocycles. The number of benzene rings is 6. The monoisotopic (exact) mass is 703 g/mol. The molecular weight excluding hydrogens is 664 g/mol. The molecule has 6 aromatic carbocycles. The molecule has 0 aliphatic carbocycles. The van der Waals surface area contributed by atoms with E-state index in [0.29, 0.717) is 16.9 Å². The van der Waals surface area contributed by atoms with Gasteiger partial charge >= 0.3 is 6.18 Å². The van der Waals surface area contributed by atoms with E-state index >= 15 is 0 Å². The second-order valence-electron chi connectivity index (χ2n) is 16.2. The number of para-hydroxylation sites is 2. The van der Waals surface area contributed by atoms with Crippen molar-refractivity contribution in [3.8, 4) is 28.6 Å². The Morgan fingerprint density at radius 1 is 0.528 bits per heavy atom. The first kappa shape index (κ1) is 34.3. The highest BCUT2D eigenvalue weighted by molar-refractivity contribution is 6.12. The van der Waals surface area contributed by atoms with E-state index in [4.69, 9.17) is 0 Å². The number of hydrogen-bond donors (Lipinski definition) is 0. The van der Waals surface area contributed by atoms with Crippen LogP contribution in [-0.4, -0.2) is 9.13 Å². The van der Waals surface area contributed by atoms with Crippen molar-refractivity contribution in [1.82, 2.24) is 9.13 Å². The summed E-state index contributed by atoms with van der Waals surface area (Å²) < 4.78 is 48.7. The maximum Gasteiger partial charge on any atom is 0.417 e. The fourth-order valence-electron chi connectivity index (χ4n) is 7.89. The van der Waals surface area contributed by atoms with Crippen LogP contribution in [0.1, 0.15) is 69.4 Å². The topological polar surface area (TPSA) is 33.6 Å². The van der Waals surface area contributed by atoms with Crippen LogP contribution < -0.4 is 0 Å². The molecule has 0 fully saturated rings. The number of rotatable bonds is 3. The summed E-state index contributed by atoms with van der Waals surface area (Å²) in [5.41, 5.74) is 7.20. The summed E-state index contributed by atoms with van der Waals surface area (Å²) in [6.45, 7) is 14.7. The normalized spacial score (nSPS) is 12.7. The van der Waals surface area contributed by atoms with E-state index in [2.05, 4.69) is 117 Å². The van der Waals surface area contributed by atoms with E-state index in [1.807, 2.05) is 30.3 Å². The van der Waals surface area contributed by atoms with E-state index in [1.54, 1.807) is 19.1 Å². The molecule has 3 nitrogen and oxygen atoms in total. The third kappa shape index (κ3) is 5.49. The Morgan fingerprint density at radius 2 is 1.00 bits per heavy atom. The van der Waals surface area contributed by atoms with E-state index in [-0.39, 0.29) is 27.5 Å². The lowest BCUT2D eigenvalue weighted by molar-refractivity contribution is -0.137. The molecule has 0 N–H and O–H groups in total. The second-order valence-corrected chi connectivity index (χ2v) is 16.2. The van der Waals surface area contributed by atoms with Gasteiger partial charge in [-0.05, 0) is 82.5 Å². The fourth-order valence-corrected chi connectivity index (χ4v) is 7.89. The molecule has 53 heavy (non-hydrogen) atoms. The van der Waals surface area contributed by atoms with Crippen molar-refractivity contribution in [2.75, 3.05) is 0 Å². The van der Waals surface area contributed by atoms with Crippen LogP contribution in [0, 0.1) is 18.3 Å². The Kier molecular flexibility index (Phi) is 7.68. The van der Waals surface area contributed by atoms with Gasteiger partial charge in [0, 0.05) is 27.1 Å². The minimum atomic E-state index is -4.63. The quantitative estimate of drug-likeness (QED) is 0.180. The molecule has 0 aliphatic rings. The van der Waals surface area contributed by atoms with Crippen LogP contribution in [0.3, 0.4) is 0 Å². The number of fused-ring (bicyclic) bond motifs is 6. The van der Waals surface area contributed by atoms with Gasteiger partial charge in [0.25, 0.3) is 0 Å². The van der Waals surface area contributed by atoms with Crippen molar-refractivity contribution in [2.45, 2.75) is 65.5 Å². The first-order chi connectivity index (χ1) is 25.1. The highest BCUT2D eigenvalue weighted by Gasteiger charge is 2.35. The van der Waals surface area contributed by atoms with Crippen LogP contribution in [0.15, 0.2) is 115 Å². The molecule has 0 amide bonds. The summed E-state index contributed by atoms with van der Waals surface area (Å²) in [5, 5.41) is 15.0. The number of nitrogens with zero attached hydrogens (tertiary/aromatic N) is 3. The summed E-state index contributed by atoms with van der Waals surface area (Å²) in [4.78, 5) is 0. The van der Waals surface area contributed by atoms with Crippen molar-refractivity contribution in [1.29, 1.82) is 5.26 Å². The first-order valence-electron chi connectivity index (χ1n) is 17.9. The predicted molar refractivity (Wildman–Crippen MR) is 212 cm³/mol. The zero-order chi connectivity index (χ0) is 37.6. The SMILES string of the molecule is Cc1cccc(C(F)(F)F)c1-c1cc(-n2c3ccccc3c3ccc(C(C)(C)C)cc32)c(-n2c3ccccc3c3ccc(C(C)(C)C)cc32)cc1C#N. The Labute approximate surface area is 307 Å². The molecule has 8 aromatic rings. The lowest BCUT2D eigenvalue weighted by Crippen LogP contribution is -2.12. The molecule has 0 bridgehead atoms. The van der Waals surface area contributed by atoms with Gasteiger partial charge in [-0.3, -0.25) is 0 Å². The lowest BCUT2D eigenvalue weighted by Gasteiger charge is -2.23. The van der Waals surface area contributed by atoms with Crippen LogP contribution in [-0.2, 0) is 17.0 Å². The fraction of sp³-hybridized carbons (Fsp3) is 0.213. The molecular formula is C47H40F3N3. The highest BCUT2D eigenvalue weighted by atomic mass is 19.4. The summed E-state index contributed by atoms with van der Waals surface area (Å²) in [6, 6.07) is 39.5. The largest absolute Gasteiger partial charge is 0.417 e. The molecule has 0 spiro atoms. The highest BCUT2D eigenvalue weighted by Crippen LogP contribution is 2.45. The summed E-state index contributed by atoms with van der Waals surface area (Å²) in [5.74, 6) is 0. The first-order valence-corrected chi connectivity index (χ1v) is 17.9.